The number of nitrogens with zero attached hydrogens (tertiary/aromatic N) is 2. The van der Waals surface area contributed by atoms with Crippen LogP contribution in [0.4, 0.5) is 0 Å². The highest BCUT2D eigenvalue weighted by atomic mass is 35.5. The number of benzene rings is 1. The van der Waals surface area contributed by atoms with Gasteiger partial charge in [-0.15, -0.1) is 0 Å². The number of hydrogen-bond donors (Lipinski definition) is 1. The molecule has 1 N–H and O–H groups in total. The zero-order valence-electron chi connectivity index (χ0n) is 11.8. The maximum Gasteiger partial charge on any atom is 0.271 e. The number of carbonyl (C=O) groups excluding carboxylic acids is 1. The molecular weight excluding hydrogens is 309 g/mol. The fourth-order valence-corrected chi connectivity index (χ4v) is 3.43. The first kappa shape index (κ1) is 14.8. The molecule has 2 bridgehead atoms. The molecule has 112 valence electrons. The summed E-state index contributed by atoms with van der Waals surface area (Å²) in [5, 5.41) is 5.11. The van der Waals surface area contributed by atoms with Crippen molar-refractivity contribution in [3.63, 3.8) is 0 Å². The fourth-order valence-electron chi connectivity index (χ4n) is 3.13. The number of nitrogens with one attached hydrogen (secondary N) is 1. The van der Waals surface area contributed by atoms with E-state index in [0.717, 1.165) is 18.6 Å². The summed E-state index contributed by atoms with van der Waals surface area (Å²) in [6.07, 6.45) is 4.32. The van der Waals surface area contributed by atoms with Crippen molar-refractivity contribution in [1.29, 1.82) is 0 Å². The molecule has 1 amide bonds. The minimum atomic E-state index is -0.257. The second-order valence-electron chi connectivity index (χ2n) is 5.71. The van der Waals surface area contributed by atoms with Gasteiger partial charge in [-0.3, -0.25) is 9.69 Å². The van der Waals surface area contributed by atoms with E-state index in [0.29, 0.717) is 27.7 Å². The van der Waals surface area contributed by atoms with Crippen LogP contribution >= 0.6 is 23.2 Å². The van der Waals surface area contributed by atoms with Crippen LogP contribution in [0.5, 0.6) is 0 Å². The Morgan fingerprint density at radius 1 is 1.24 bits per heavy atom. The van der Waals surface area contributed by atoms with Crippen molar-refractivity contribution in [2.75, 3.05) is 7.05 Å². The van der Waals surface area contributed by atoms with Gasteiger partial charge in [-0.25, -0.2) is 5.43 Å². The van der Waals surface area contributed by atoms with E-state index in [-0.39, 0.29) is 5.91 Å². The highest BCUT2D eigenvalue weighted by Gasteiger charge is 2.36. The van der Waals surface area contributed by atoms with Crippen molar-refractivity contribution >= 4 is 34.8 Å². The molecule has 0 aromatic heterocycles. The van der Waals surface area contributed by atoms with Gasteiger partial charge in [0.25, 0.3) is 5.91 Å². The van der Waals surface area contributed by atoms with Crippen molar-refractivity contribution in [3.8, 4) is 0 Å². The minimum absolute atomic E-state index is 0.257. The van der Waals surface area contributed by atoms with Crippen molar-refractivity contribution in [2.45, 2.75) is 37.8 Å². The van der Waals surface area contributed by atoms with Crippen LogP contribution in [0.1, 0.15) is 36.0 Å². The third kappa shape index (κ3) is 3.07. The van der Waals surface area contributed by atoms with Gasteiger partial charge in [0, 0.05) is 36.2 Å². The maximum absolute atomic E-state index is 12.1. The lowest BCUT2D eigenvalue weighted by Gasteiger charge is -2.31. The molecule has 2 atom stereocenters. The first-order chi connectivity index (χ1) is 10.0. The molecule has 0 radical (unpaired) electrons. The van der Waals surface area contributed by atoms with Crippen LogP contribution in [-0.2, 0) is 0 Å². The van der Waals surface area contributed by atoms with Gasteiger partial charge in [0.05, 0.1) is 10.0 Å². The van der Waals surface area contributed by atoms with Crippen molar-refractivity contribution in [2.24, 2.45) is 5.10 Å². The van der Waals surface area contributed by atoms with Gasteiger partial charge in [0.15, 0.2) is 0 Å². The first-order valence-corrected chi connectivity index (χ1v) is 7.83. The molecule has 1 aromatic rings. The van der Waals surface area contributed by atoms with Gasteiger partial charge in [-0.1, -0.05) is 23.2 Å². The average Bonchev–Trinajstić information content (AvgIpc) is 2.69. The quantitative estimate of drug-likeness (QED) is 0.847. The highest BCUT2D eigenvalue weighted by Crippen LogP contribution is 2.32. The van der Waals surface area contributed by atoms with Gasteiger partial charge >= 0.3 is 0 Å². The number of carbonyl (C=O) groups is 1. The summed E-state index contributed by atoms with van der Waals surface area (Å²) in [5.41, 5.74) is 4.17. The standard InChI is InChI=1S/C15H17Cl2N3O/c1-20-11-3-4-12(20)8-10(7-11)18-19-15(21)9-2-5-13(16)14(17)6-9/h2,5-6,11-12H,3-4,7-8H2,1H3,(H,19,21). The molecule has 2 aliphatic heterocycles. The summed E-state index contributed by atoms with van der Waals surface area (Å²) in [4.78, 5) is 14.5. The van der Waals surface area contributed by atoms with Gasteiger partial charge in [0.1, 0.15) is 0 Å². The van der Waals surface area contributed by atoms with Crippen molar-refractivity contribution in [1.82, 2.24) is 10.3 Å². The summed E-state index contributed by atoms with van der Waals surface area (Å²) >= 11 is 11.8. The Bertz CT molecular complexity index is 587. The average molecular weight is 326 g/mol. The molecular formula is C15H17Cl2N3O. The topological polar surface area (TPSA) is 44.7 Å². The Balaban J connectivity index is 1.66. The fraction of sp³-hybridized carbons (Fsp3) is 0.467. The molecule has 2 fully saturated rings. The summed E-state index contributed by atoms with van der Waals surface area (Å²) < 4.78 is 0. The molecule has 4 nitrogen and oxygen atoms in total. The van der Waals surface area contributed by atoms with E-state index in [1.807, 2.05) is 0 Å². The minimum Gasteiger partial charge on any atom is -0.300 e. The molecule has 0 spiro atoms. The predicted octanol–water partition coefficient (Wildman–Crippen LogP) is 3.34. The lowest BCUT2D eigenvalue weighted by Crippen LogP contribution is -2.40. The Morgan fingerprint density at radius 3 is 2.52 bits per heavy atom. The van der Waals surface area contributed by atoms with E-state index in [9.17, 15) is 4.79 Å². The number of piperidine rings is 1. The summed E-state index contributed by atoms with van der Waals surface area (Å²) in [6, 6.07) is 5.95. The van der Waals surface area contributed by atoms with Crippen molar-refractivity contribution < 1.29 is 4.79 Å². The summed E-state index contributed by atoms with van der Waals surface area (Å²) in [5.74, 6) is -0.257. The Hall–Kier alpha value is -1.10. The van der Waals surface area contributed by atoms with Gasteiger partial charge < -0.3 is 0 Å². The molecule has 21 heavy (non-hydrogen) atoms. The predicted molar refractivity (Wildman–Crippen MR) is 85.2 cm³/mol. The van der Waals surface area contributed by atoms with Crippen LogP contribution in [0, 0.1) is 0 Å². The van der Waals surface area contributed by atoms with E-state index in [1.165, 1.54) is 12.8 Å². The second-order valence-corrected chi connectivity index (χ2v) is 6.52. The lowest BCUT2D eigenvalue weighted by atomic mass is 10.0. The maximum atomic E-state index is 12.1. The van der Waals surface area contributed by atoms with E-state index in [4.69, 9.17) is 23.2 Å². The Labute approximate surface area is 134 Å². The SMILES string of the molecule is CN1C2CCC1CC(=NNC(=O)c1ccc(Cl)c(Cl)c1)C2. The number of rotatable bonds is 2. The van der Waals surface area contributed by atoms with Gasteiger partial charge in [-0.2, -0.15) is 5.10 Å². The van der Waals surface area contributed by atoms with Gasteiger partial charge in [0.2, 0.25) is 0 Å². The summed E-state index contributed by atoms with van der Waals surface area (Å²) in [6.45, 7) is 0. The number of hydrogen-bond acceptors (Lipinski definition) is 3. The largest absolute Gasteiger partial charge is 0.300 e. The van der Waals surface area contributed by atoms with Crippen LogP contribution in [0.2, 0.25) is 10.0 Å². The van der Waals surface area contributed by atoms with Crippen LogP contribution < -0.4 is 5.43 Å². The van der Waals surface area contributed by atoms with Gasteiger partial charge in [-0.05, 0) is 38.1 Å². The molecule has 6 heteroatoms. The van der Waals surface area contributed by atoms with E-state index >= 15 is 0 Å². The second kappa shape index (κ2) is 5.95. The monoisotopic (exact) mass is 325 g/mol. The normalized spacial score (nSPS) is 25.0. The molecule has 2 aliphatic rings. The molecule has 3 rings (SSSR count). The van der Waals surface area contributed by atoms with Crippen LogP contribution in [0.25, 0.3) is 0 Å². The molecule has 2 unspecified atom stereocenters. The molecule has 1 aromatic carbocycles. The number of fused-ring (bicyclic) bond motifs is 2. The smallest absolute Gasteiger partial charge is 0.271 e. The van der Waals surface area contributed by atoms with E-state index in [1.54, 1.807) is 18.2 Å². The zero-order chi connectivity index (χ0) is 15.0. The molecule has 0 aliphatic carbocycles. The first-order valence-electron chi connectivity index (χ1n) is 7.07. The van der Waals surface area contributed by atoms with Crippen LogP contribution in [0.3, 0.4) is 0 Å². The highest BCUT2D eigenvalue weighted by molar-refractivity contribution is 6.42. The van der Waals surface area contributed by atoms with Crippen LogP contribution in [0.15, 0.2) is 23.3 Å². The van der Waals surface area contributed by atoms with Crippen LogP contribution in [-0.4, -0.2) is 35.7 Å². The Kier molecular flexibility index (Phi) is 4.20. The molecule has 2 heterocycles. The van der Waals surface area contributed by atoms with E-state index < -0.39 is 0 Å². The lowest BCUT2D eigenvalue weighted by molar-refractivity contribution is 0.0954. The van der Waals surface area contributed by atoms with E-state index in [2.05, 4.69) is 22.5 Å². The summed E-state index contributed by atoms with van der Waals surface area (Å²) in [7, 11) is 2.17. The third-order valence-corrected chi connectivity index (χ3v) is 5.16. The number of halogens is 2. The molecule has 2 saturated heterocycles. The zero-order valence-corrected chi connectivity index (χ0v) is 13.3. The van der Waals surface area contributed by atoms with Crippen molar-refractivity contribution in [3.05, 3.63) is 33.8 Å². The third-order valence-electron chi connectivity index (χ3n) is 4.42. The Morgan fingerprint density at radius 2 is 1.90 bits per heavy atom. The number of amides is 1. The number of hydrazone groups is 1. The molecule has 0 saturated carbocycles.